The Morgan fingerprint density at radius 3 is 2.75 bits per heavy atom. The lowest BCUT2D eigenvalue weighted by Crippen LogP contribution is -2.33. The van der Waals surface area contributed by atoms with Gasteiger partial charge in [0.05, 0.1) is 0 Å². The van der Waals surface area contributed by atoms with Gasteiger partial charge in [-0.1, -0.05) is 12.1 Å². The number of likely N-dealkylation sites (N-methyl/N-ethyl adjacent to an activating group) is 1. The van der Waals surface area contributed by atoms with E-state index in [0.29, 0.717) is 11.8 Å². The highest BCUT2D eigenvalue weighted by atomic mass is 16.3. The number of phenolic OH excluding ortho intramolecular Hbond substituents is 1. The predicted octanol–water partition coefficient (Wildman–Crippen LogP) is 1.82. The molecule has 0 atom stereocenters. The van der Waals surface area contributed by atoms with Gasteiger partial charge in [0.1, 0.15) is 5.75 Å². The monoisotopic (exact) mass is 222 g/mol. The van der Waals surface area contributed by atoms with Crippen molar-refractivity contribution in [3.8, 4) is 5.75 Å². The van der Waals surface area contributed by atoms with E-state index in [1.807, 2.05) is 12.1 Å². The topological polar surface area (TPSA) is 35.5 Å². The lowest BCUT2D eigenvalue weighted by molar-refractivity contribution is 0.273. The van der Waals surface area contributed by atoms with Gasteiger partial charge in [0.25, 0.3) is 0 Å². The van der Waals surface area contributed by atoms with E-state index in [0.717, 1.165) is 25.2 Å². The first-order valence-electron chi connectivity index (χ1n) is 5.78. The highest BCUT2D eigenvalue weighted by molar-refractivity contribution is 5.26. The third kappa shape index (κ3) is 4.64. The molecule has 1 rings (SSSR count). The molecule has 0 heterocycles. The highest BCUT2D eigenvalue weighted by Crippen LogP contribution is 2.10. The number of hydrogen-bond acceptors (Lipinski definition) is 3. The van der Waals surface area contributed by atoms with Crippen molar-refractivity contribution in [3.05, 3.63) is 29.8 Å². The fourth-order valence-electron chi connectivity index (χ4n) is 1.41. The number of aromatic hydroxyl groups is 1. The zero-order valence-electron chi connectivity index (χ0n) is 10.4. The maximum absolute atomic E-state index is 9.29. The van der Waals surface area contributed by atoms with Crippen molar-refractivity contribution in [1.82, 2.24) is 10.2 Å². The summed E-state index contributed by atoms with van der Waals surface area (Å²) in [6, 6.07) is 7.95. The Labute approximate surface area is 98.1 Å². The zero-order chi connectivity index (χ0) is 12.0. The SMILES string of the molecule is CC(C)N(C)CCNCc1cccc(O)c1. The van der Waals surface area contributed by atoms with Crippen LogP contribution in [0.2, 0.25) is 0 Å². The number of phenols is 1. The van der Waals surface area contributed by atoms with Gasteiger partial charge in [0, 0.05) is 25.7 Å². The summed E-state index contributed by atoms with van der Waals surface area (Å²) in [6.45, 7) is 7.19. The first-order chi connectivity index (χ1) is 7.59. The van der Waals surface area contributed by atoms with Crippen LogP contribution in [0.5, 0.6) is 5.75 Å². The first-order valence-corrected chi connectivity index (χ1v) is 5.78. The predicted molar refractivity (Wildman–Crippen MR) is 67.6 cm³/mol. The van der Waals surface area contributed by atoms with Crippen LogP contribution >= 0.6 is 0 Å². The van der Waals surface area contributed by atoms with Crippen LogP contribution in [0.3, 0.4) is 0 Å². The Morgan fingerprint density at radius 1 is 1.38 bits per heavy atom. The van der Waals surface area contributed by atoms with E-state index in [1.54, 1.807) is 12.1 Å². The molecule has 0 aliphatic heterocycles. The van der Waals surface area contributed by atoms with Gasteiger partial charge in [-0.15, -0.1) is 0 Å². The number of nitrogens with one attached hydrogen (secondary N) is 1. The van der Waals surface area contributed by atoms with Crippen LogP contribution in [0.4, 0.5) is 0 Å². The first kappa shape index (κ1) is 13.0. The van der Waals surface area contributed by atoms with E-state index < -0.39 is 0 Å². The van der Waals surface area contributed by atoms with Crippen LogP contribution in [0.25, 0.3) is 0 Å². The van der Waals surface area contributed by atoms with Crippen molar-refractivity contribution in [2.24, 2.45) is 0 Å². The average Bonchev–Trinajstić information content (AvgIpc) is 2.24. The number of nitrogens with zero attached hydrogens (tertiary/aromatic N) is 1. The molecule has 3 heteroatoms. The van der Waals surface area contributed by atoms with Gasteiger partial charge in [-0.2, -0.15) is 0 Å². The zero-order valence-corrected chi connectivity index (χ0v) is 10.4. The summed E-state index contributed by atoms with van der Waals surface area (Å²) < 4.78 is 0. The van der Waals surface area contributed by atoms with Crippen molar-refractivity contribution in [3.63, 3.8) is 0 Å². The van der Waals surface area contributed by atoms with Crippen molar-refractivity contribution in [2.45, 2.75) is 26.4 Å². The van der Waals surface area contributed by atoms with E-state index >= 15 is 0 Å². The molecule has 0 radical (unpaired) electrons. The Bertz CT molecular complexity index is 313. The van der Waals surface area contributed by atoms with Crippen LogP contribution in [-0.2, 0) is 6.54 Å². The molecular weight excluding hydrogens is 200 g/mol. The van der Waals surface area contributed by atoms with Gasteiger partial charge in [-0.3, -0.25) is 0 Å². The van der Waals surface area contributed by atoms with Crippen molar-refractivity contribution in [1.29, 1.82) is 0 Å². The minimum atomic E-state index is 0.332. The maximum atomic E-state index is 9.29. The second-order valence-corrected chi connectivity index (χ2v) is 4.42. The van der Waals surface area contributed by atoms with Gasteiger partial charge in [0.15, 0.2) is 0 Å². The Morgan fingerprint density at radius 2 is 2.12 bits per heavy atom. The van der Waals surface area contributed by atoms with Crippen molar-refractivity contribution < 1.29 is 5.11 Å². The molecular formula is C13H22N2O. The van der Waals surface area contributed by atoms with Gasteiger partial charge in [0.2, 0.25) is 0 Å². The minimum Gasteiger partial charge on any atom is -0.508 e. The summed E-state index contributed by atoms with van der Waals surface area (Å²) in [5.41, 5.74) is 1.12. The molecule has 0 unspecified atom stereocenters. The molecule has 1 aromatic rings. The summed E-state index contributed by atoms with van der Waals surface area (Å²) in [4.78, 5) is 2.30. The second kappa shape index (κ2) is 6.51. The highest BCUT2D eigenvalue weighted by Gasteiger charge is 2.01. The molecule has 0 aliphatic carbocycles. The van der Waals surface area contributed by atoms with Crippen molar-refractivity contribution >= 4 is 0 Å². The van der Waals surface area contributed by atoms with Gasteiger partial charge in [-0.05, 0) is 38.6 Å². The van der Waals surface area contributed by atoms with Crippen LogP contribution in [0.15, 0.2) is 24.3 Å². The number of benzene rings is 1. The average molecular weight is 222 g/mol. The number of rotatable bonds is 6. The summed E-state index contributed by atoms with van der Waals surface area (Å²) in [5.74, 6) is 0.332. The van der Waals surface area contributed by atoms with Gasteiger partial charge >= 0.3 is 0 Å². The molecule has 0 aliphatic rings. The third-order valence-electron chi connectivity index (χ3n) is 2.76. The summed E-state index contributed by atoms with van der Waals surface area (Å²) in [7, 11) is 2.13. The van der Waals surface area contributed by atoms with E-state index in [2.05, 4.69) is 31.1 Å². The molecule has 2 N–H and O–H groups in total. The van der Waals surface area contributed by atoms with E-state index in [1.165, 1.54) is 0 Å². The molecule has 0 fully saturated rings. The molecule has 3 nitrogen and oxygen atoms in total. The smallest absolute Gasteiger partial charge is 0.115 e. The maximum Gasteiger partial charge on any atom is 0.115 e. The van der Waals surface area contributed by atoms with E-state index in [-0.39, 0.29) is 0 Å². The quantitative estimate of drug-likeness (QED) is 0.721. The van der Waals surface area contributed by atoms with Crippen LogP contribution < -0.4 is 5.32 Å². The summed E-state index contributed by atoms with van der Waals surface area (Å²) in [6.07, 6.45) is 0. The summed E-state index contributed by atoms with van der Waals surface area (Å²) in [5, 5.41) is 12.7. The molecule has 0 saturated heterocycles. The summed E-state index contributed by atoms with van der Waals surface area (Å²) >= 11 is 0. The van der Waals surface area contributed by atoms with Crippen LogP contribution in [-0.4, -0.2) is 36.2 Å². The normalized spacial score (nSPS) is 11.3. The minimum absolute atomic E-state index is 0.332. The molecule has 0 amide bonds. The van der Waals surface area contributed by atoms with Gasteiger partial charge in [-0.25, -0.2) is 0 Å². The molecule has 1 aromatic carbocycles. The lowest BCUT2D eigenvalue weighted by Gasteiger charge is -2.20. The van der Waals surface area contributed by atoms with Crippen molar-refractivity contribution in [2.75, 3.05) is 20.1 Å². The Hall–Kier alpha value is -1.06. The molecule has 0 spiro atoms. The number of hydrogen-bond donors (Lipinski definition) is 2. The van der Waals surface area contributed by atoms with Crippen LogP contribution in [0, 0.1) is 0 Å². The largest absolute Gasteiger partial charge is 0.508 e. The molecule has 16 heavy (non-hydrogen) atoms. The Balaban J connectivity index is 2.21. The van der Waals surface area contributed by atoms with Gasteiger partial charge < -0.3 is 15.3 Å². The second-order valence-electron chi connectivity index (χ2n) is 4.42. The van der Waals surface area contributed by atoms with Crippen LogP contribution in [0.1, 0.15) is 19.4 Å². The fourth-order valence-corrected chi connectivity index (χ4v) is 1.41. The van der Waals surface area contributed by atoms with E-state index in [9.17, 15) is 5.11 Å². The fraction of sp³-hybridized carbons (Fsp3) is 0.538. The molecule has 90 valence electrons. The molecule has 0 bridgehead atoms. The lowest BCUT2D eigenvalue weighted by atomic mass is 10.2. The third-order valence-corrected chi connectivity index (χ3v) is 2.76. The molecule has 0 saturated carbocycles. The van der Waals surface area contributed by atoms with E-state index in [4.69, 9.17) is 0 Å². The standard InChI is InChI=1S/C13H22N2O/c1-11(2)15(3)8-7-14-10-12-5-4-6-13(16)9-12/h4-6,9,11,14,16H,7-8,10H2,1-3H3. The Kier molecular flexibility index (Phi) is 5.29. The molecule has 0 aromatic heterocycles.